The van der Waals surface area contributed by atoms with E-state index >= 15 is 0 Å². The lowest BCUT2D eigenvalue weighted by molar-refractivity contribution is 1.08. The van der Waals surface area contributed by atoms with Gasteiger partial charge in [0.15, 0.2) is 0 Å². The Bertz CT molecular complexity index is 1950. The SMILES string of the molecule is c1ccc(-c2cc(-c3ccccc3)nc(N3c4ccccc4-c4cc5ccccc5n4-c4ccccc43)n2)cc1. The van der Waals surface area contributed by atoms with Crippen molar-refractivity contribution < 1.29 is 0 Å². The molecule has 0 radical (unpaired) electrons. The summed E-state index contributed by atoms with van der Waals surface area (Å²) in [5.41, 5.74) is 10.5. The van der Waals surface area contributed by atoms with Gasteiger partial charge in [0.05, 0.1) is 39.7 Å². The van der Waals surface area contributed by atoms with Crippen molar-refractivity contribution in [3.8, 4) is 39.5 Å². The summed E-state index contributed by atoms with van der Waals surface area (Å²) >= 11 is 0. The number of anilines is 3. The van der Waals surface area contributed by atoms with Gasteiger partial charge in [-0.2, -0.15) is 0 Å². The molecule has 2 aromatic heterocycles. The molecule has 0 N–H and O–H groups in total. The van der Waals surface area contributed by atoms with Crippen molar-refractivity contribution in [1.82, 2.24) is 14.5 Å². The van der Waals surface area contributed by atoms with Gasteiger partial charge < -0.3 is 4.57 Å². The molecule has 0 saturated heterocycles. The fraction of sp³-hybridized carbons (Fsp3) is 0. The maximum absolute atomic E-state index is 5.21. The molecule has 4 heteroatoms. The van der Waals surface area contributed by atoms with Gasteiger partial charge in [0.2, 0.25) is 5.95 Å². The van der Waals surface area contributed by atoms with Gasteiger partial charge in [0.25, 0.3) is 0 Å². The van der Waals surface area contributed by atoms with E-state index < -0.39 is 0 Å². The monoisotopic (exact) mass is 512 g/mol. The fourth-order valence-electron chi connectivity index (χ4n) is 5.73. The predicted octanol–water partition coefficient (Wildman–Crippen LogP) is 9.20. The molecular formula is C36H24N4. The summed E-state index contributed by atoms with van der Waals surface area (Å²) in [5, 5.41) is 1.21. The number of fused-ring (bicyclic) bond motifs is 7. The van der Waals surface area contributed by atoms with Crippen LogP contribution in [0.4, 0.5) is 17.3 Å². The normalized spacial score (nSPS) is 11.9. The van der Waals surface area contributed by atoms with E-state index in [4.69, 9.17) is 9.97 Å². The van der Waals surface area contributed by atoms with Gasteiger partial charge in [-0.25, -0.2) is 9.97 Å². The lowest BCUT2D eigenvalue weighted by Gasteiger charge is -2.25. The molecule has 4 nitrogen and oxygen atoms in total. The fourth-order valence-corrected chi connectivity index (χ4v) is 5.73. The largest absolute Gasteiger partial charge is 0.307 e. The molecule has 0 fully saturated rings. The van der Waals surface area contributed by atoms with Crippen molar-refractivity contribution in [3.05, 3.63) is 146 Å². The van der Waals surface area contributed by atoms with E-state index in [1.807, 2.05) is 36.4 Å². The highest BCUT2D eigenvalue weighted by Crippen LogP contribution is 2.48. The predicted molar refractivity (Wildman–Crippen MR) is 163 cm³/mol. The van der Waals surface area contributed by atoms with Crippen molar-refractivity contribution in [3.63, 3.8) is 0 Å². The van der Waals surface area contributed by atoms with Gasteiger partial charge in [0.1, 0.15) is 0 Å². The average molecular weight is 513 g/mol. The Balaban J connectivity index is 1.45. The van der Waals surface area contributed by atoms with Crippen LogP contribution >= 0.6 is 0 Å². The first-order valence-corrected chi connectivity index (χ1v) is 13.4. The van der Waals surface area contributed by atoms with Gasteiger partial charge in [-0.05, 0) is 36.4 Å². The third-order valence-corrected chi connectivity index (χ3v) is 7.55. The molecule has 1 aliphatic rings. The van der Waals surface area contributed by atoms with Crippen LogP contribution in [0.25, 0.3) is 50.4 Å². The number of hydrogen-bond acceptors (Lipinski definition) is 3. The summed E-state index contributed by atoms with van der Waals surface area (Å²) in [4.78, 5) is 12.6. The summed E-state index contributed by atoms with van der Waals surface area (Å²) in [5.74, 6) is 0.634. The van der Waals surface area contributed by atoms with Crippen molar-refractivity contribution in [1.29, 1.82) is 0 Å². The van der Waals surface area contributed by atoms with Gasteiger partial charge >= 0.3 is 0 Å². The van der Waals surface area contributed by atoms with Gasteiger partial charge in [-0.1, -0.05) is 109 Å². The molecule has 8 rings (SSSR count). The lowest BCUT2D eigenvalue weighted by Crippen LogP contribution is -2.15. The van der Waals surface area contributed by atoms with E-state index in [1.165, 1.54) is 10.9 Å². The van der Waals surface area contributed by atoms with E-state index in [9.17, 15) is 0 Å². The molecule has 188 valence electrons. The first-order chi connectivity index (χ1) is 19.8. The second kappa shape index (κ2) is 9.07. The minimum absolute atomic E-state index is 0.634. The molecule has 0 amide bonds. The Kier molecular flexibility index (Phi) is 5.10. The molecule has 0 spiro atoms. The summed E-state index contributed by atoms with van der Waals surface area (Å²) in [6.07, 6.45) is 0. The van der Waals surface area contributed by atoms with E-state index in [1.54, 1.807) is 0 Å². The number of nitrogens with zero attached hydrogens (tertiary/aromatic N) is 4. The number of hydrogen-bond donors (Lipinski definition) is 0. The molecule has 0 saturated carbocycles. The average Bonchev–Trinajstić information content (AvgIpc) is 3.36. The summed E-state index contributed by atoms with van der Waals surface area (Å²) in [6, 6.07) is 50.7. The smallest absolute Gasteiger partial charge is 0.235 e. The molecule has 40 heavy (non-hydrogen) atoms. The molecule has 7 aromatic rings. The molecule has 3 heterocycles. The second-order valence-corrected chi connectivity index (χ2v) is 9.94. The van der Waals surface area contributed by atoms with Crippen LogP contribution in [-0.2, 0) is 0 Å². The zero-order valence-corrected chi connectivity index (χ0v) is 21.6. The Morgan fingerprint density at radius 2 is 1.00 bits per heavy atom. The van der Waals surface area contributed by atoms with E-state index in [-0.39, 0.29) is 0 Å². The van der Waals surface area contributed by atoms with Gasteiger partial charge in [0, 0.05) is 22.1 Å². The Hall–Kier alpha value is -5.48. The van der Waals surface area contributed by atoms with Crippen LogP contribution in [0, 0.1) is 0 Å². The van der Waals surface area contributed by atoms with Gasteiger partial charge in [-0.15, -0.1) is 0 Å². The number of benzene rings is 5. The maximum Gasteiger partial charge on any atom is 0.235 e. The zero-order valence-electron chi connectivity index (χ0n) is 21.6. The van der Waals surface area contributed by atoms with Crippen molar-refractivity contribution >= 4 is 28.2 Å². The number of aromatic nitrogens is 3. The highest BCUT2D eigenvalue weighted by molar-refractivity contribution is 5.98. The maximum atomic E-state index is 5.21. The second-order valence-electron chi connectivity index (χ2n) is 9.94. The molecule has 5 aromatic carbocycles. The highest BCUT2D eigenvalue weighted by Gasteiger charge is 2.29. The standard InChI is InChI=1S/C36H24N4/c1-3-13-25(14-4-1)29-24-30(26-15-5-2-6-16-26)38-36(37-29)40-32-20-10-8-18-28(32)35-23-27-17-7-9-19-31(27)39(35)33-21-11-12-22-34(33)40/h1-24H. The lowest BCUT2D eigenvalue weighted by atomic mass is 10.1. The van der Waals surface area contributed by atoms with Crippen LogP contribution in [0.5, 0.6) is 0 Å². The molecule has 0 bridgehead atoms. The Morgan fingerprint density at radius 1 is 0.450 bits per heavy atom. The topological polar surface area (TPSA) is 34.0 Å². The van der Waals surface area contributed by atoms with Crippen LogP contribution in [0.1, 0.15) is 0 Å². The third-order valence-electron chi connectivity index (χ3n) is 7.55. The molecule has 0 atom stereocenters. The van der Waals surface area contributed by atoms with Crippen LogP contribution in [0.15, 0.2) is 146 Å². The van der Waals surface area contributed by atoms with Crippen molar-refractivity contribution in [2.45, 2.75) is 0 Å². The summed E-state index contributed by atoms with van der Waals surface area (Å²) in [7, 11) is 0. The van der Waals surface area contributed by atoms with Crippen LogP contribution in [-0.4, -0.2) is 14.5 Å². The highest BCUT2D eigenvalue weighted by atomic mass is 15.3. The number of rotatable bonds is 3. The molecule has 0 aliphatic carbocycles. The number of para-hydroxylation sites is 4. The van der Waals surface area contributed by atoms with Crippen molar-refractivity contribution in [2.75, 3.05) is 4.90 Å². The van der Waals surface area contributed by atoms with E-state index in [2.05, 4.69) is 119 Å². The Morgan fingerprint density at radius 3 is 1.70 bits per heavy atom. The minimum atomic E-state index is 0.634. The third kappa shape index (κ3) is 3.54. The van der Waals surface area contributed by atoms with Crippen molar-refractivity contribution in [2.24, 2.45) is 0 Å². The zero-order chi connectivity index (χ0) is 26.5. The van der Waals surface area contributed by atoms with E-state index in [0.29, 0.717) is 5.95 Å². The Labute approximate surface area is 232 Å². The minimum Gasteiger partial charge on any atom is -0.307 e. The first-order valence-electron chi connectivity index (χ1n) is 13.4. The molecule has 1 aliphatic heterocycles. The molecular weight excluding hydrogens is 488 g/mol. The summed E-state index contributed by atoms with van der Waals surface area (Å²) in [6.45, 7) is 0. The molecule has 0 unspecified atom stereocenters. The van der Waals surface area contributed by atoms with E-state index in [0.717, 1.165) is 50.8 Å². The summed E-state index contributed by atoms with van der Waals surface area (Å²) < 4.78 is 2.36. The first kappa shape index (κ1) is 22.5. The van der Waals surface area contributed by atoms with Crippen LogP contribution in [0.3, 0.4) is 0 Å². The van der Waals surface area contributed by atoms with Gasteiger partial charge in [-0.3, -0.25) is 4.90 Å². The van der Waals surface area contributed by atoms with Crippen LogP contribution < -0.4 is 4.90 Å². The van der Waals surface area contributed by atoms with Crippen LogP contribution in [0.2, 0.25) is 0 Å². The quantitative estimate of drug-likeness (QED) is 0.237.